The van der Waals surface area contributed by atoms with Gasteiger partial charge in [-0.3, -0.25) is 4.68 Å². The Labute approximate surface area is 109 Å². The third-order valence-corrected chi connectivity index (χ3v) is 2.64. The Morgan fingerprint density at radius 1 is 1.47 bits per heavy atom. The molecule has 0 unspecified atom stereocenters. The fourth-order valence-electron chi connectivity index (χ4n) is 1.66. The largest absolute Gasteiger partial charge is 0.478 e. The summed E-state index contributed by atoms with van der Waals surface area (Å²) in [6.07, 6.45) is 3.22. The zero-order chi connectivity index (χ0) is 14.0. The predicted molar refractivity (Wildman–Crippen MR) is 69.3 cm³/mol. The Hall–Kier alpha value is -2.37. The second kappa shape index (κ2) is 5.09. The molecule has 100 valence electrons. The molecule has 0 fully saturated rings. The van der Waals surface area contributed by atoms with E-state index in [-0.39, 0.29) is 17.3 Å². The van der Waals surface area contributed by atoms with E-state index in [0.717, 1.165) is 0 Å². The molecule has 0 saturated heterocycles. The van der Waals surface area contributed by atoms with E-state index >= 15 is 0 Å². The van der Waals surface area contributed by atoms with Crippen LogP contribution in [0.2, 0.25) is 0 Å². The minimum Gasteiger partial charge on any atom is -0.478 e. The van der Waals surface area contributed by atoms with Gasteiger partial charge in [0.25, 0.3) is 0 Å². The van der Waals surface area contributed by atoms with Crippen LogP contribution in [0.15, 0.2) is 30.6 Å². The summed E-state index contributed by atoms with van der Waals surface area (Å²) in [5, 5.41) is 15.9. The van der Waals surface area contributed by atoms with Crippen LogP contribution in [0.25, 0.3) is 0 Å². The highest BCUT2D eigenvalue weighted by Crippen LogP contribution is 2.24. The lowest BCUT2D eigenvalue weighted by Crippen LogP contribution is -2.04. The maximum atomic E-state index is 13.7. The number of aromatic nitrogens is 2. The lowest BCUT2D eigenvalue weighted by Gasteiger charge is -2.09. The van der Waals surface area contributed by atoms with Crippen molar-refractivity contribution in [3.8, 4) is 0 Å². The quantitative estimate of drug-likeness (QED) is 0.889. The molecular formula is C13H14FN3O2. The molecule has 0 bridgehead atoms. The number of hydrogen-bond donors (Lipinski definition) is 2. The summed E-state index contributed by atoms with van der Waals surface area (Å²) in [7, 11) is 0. The first-order valence-electron chi connectivity index (χ1n) is 5.82. The van der Waals surface area contributed by atoms with Crippen molar-refractivity contribution in [1.82, 2.24) is 9.78 Å². The molecule has 19 heavy (non-hydrogen) atoms. The second-order valence-electron chi connectivity index (χ2n) is 4.40. The Morgan fingerprint density at radius 3 is 2.79 bits per heavy atom. The van der Waals surface area contributed by atoms with E-state index in [1.165, 1.54) is 24.4 Å². The van der Waals surface area contributed by atoms with Crippen molar-refractivity contribution >= 4 is 17.3 Å². The molecule has 5 nitrogen and oxygen atoms in total. The second-order valence-corrected chi connectivity index (χ2v) is 4.40. The van der Waals surface area contributed by atoms with Gasteiger partial charge in [-0.25, -0.2) is 9.18 Å². The topological polar surface area (TPSA) is 67.2 Å². The Balaban J connectivity index is 2.34. The molecule has 0 saturated carbocycles. The van der Waals surface area contributed by atoms with Crippen LogP contribution in [-0.2, 0) is 0 Å². The number of nitrogens with zero attached hydrogens (tertiary/aromatic N) is 2. The van der Waals surface area contributed by atoms with Crippen LogP contribution < -0.4 is 5.32 Å². The van der Waals surface area contributed by atoms with E-state index in [9.17, 15) is 9.18 Å². The monoisotopic (exact) mass is 263 g/mol. The summed E-state index contributed by atoms with van der Waals surface area (Å²) < 4.78 is 15.4. The summed E-state index contributed by atoms with van der Waals surface area (Å²) in [4.78, 5) is 11.1. The molecule has 0 amide bonds. The third kappa shape index (κ3) is 2.73. The first-order valence-corrected chi connectivity index (χ1v) is 5.82. The molecule has 0 aliphatic carbocycles. The summed E-state index contributed by atoms with van der Waals surface area (Å²) >= 11 is 0. The van der Waals surface area contributed by atoms with Gasteiger partial charge in [-0.15, -0.1) is 0 Å². The first-order chi connectivity index (χ1) is 8.99. The number of benzene rings is 1. The van der Waals surface area contributed by atoms with Crippen molar-refractivity contribution in [3.05, 3.63) is 42.0 Å². The summed E-state index contributed by atoms with van der Waals surface area (Å²) in [6.45, 7) is 3.92. The van der Waals surface area contributed by atoms with Gasteiger partial charge in [0.2, 0.25) is 0 Å². The van der Waals surface area contributed by atoms with Gasteiger partial charge < -0.3 is 10.4 Å². The molecule has 2 rings (SSSR count). The Bertz CT molecular complexity index is 608. The van der Waals surface area contributed by atoms with Gasteiger partial charge in [-0.05, 0) is 26.0 Å². The van der Waals surface area contributed by atoms with Crippen molar-refractivity contribution in [1.29, 1.82) is 0 Å². The van der Waals surface area contributed by atoms with Gasteiger partial charge >= 0.3 is 5.97 Å². The standard InChI is InChI=1S/C13H14FN3O2/c1-8(2)17-7-9(6-15-17)16-12-10(13(18)19)4-3-5-11(12)14/h3-8,16H,1-2H3,(H,18,19). The van der Waals surface area contributed by atoms with Crippen LogP contribution in [0.5, 0.6) is 0 Å². The molecule has 2 aromatic rings. The third-order valence-electron chi connectivity index (χ3n) is 2.64. The van der Waals surface area contributed by atoms with Gasteiger partial charge in [0.05, 0.1) is 23.1 Å². The lowest BCUT2D eigenvalue weighted by atomic mass is 10.1. The Morgan fingerprint density at radius 2 is 2.21 bits per heavy atom. The first kappa shape index (κ1) is 13.1. The van der Waals surface area contributed by atoms with Crippen molar-refractivity contribution < 1.29 is 14.3 Å². The minimum absolute atomic E-state index is 0.0571. The van der Waals surface area contributed by atoms with Gasteiger partial charge in [0.1, 0.15) is 5.82 Å². The van der Waals surface area contributed by atoms with Crippen LogP contribution in [0.4, 0.5) is 15.8 Å². The molecule has 1 aromatic carbocycles. The van der Waals surface area contributed by atoms with Crippen LogP contribution in [0.1, 0.15) is 30.2 Å². The highest BCUT2D eigenvalue weighted by atomic mass is 19.1. The van der Waals surface area contributed by atoms with Crippen molar-refractivity contribution in [2.75, 3.05) is 5.32 Å². The molecule has 6 heteroatoms. The predicted octanol–water partition coefficient (Wildman–Crippen LogP) is 3.04. The van der Waals surface area contributed by atoms with E-state index in [1.807, 2.05) is 13.8 Å². The van der Waals surface area contributed by atoms with Gasteiger partial charge in [-0.2, -0.15) is 5.10 Å². The molecule has 1 heterocycles. The van der Waals surface area contributed by atoms with Crippen molar-refractivity contribution in [3.63, 3.8) is 0 Å². The van der Waals surface area contributed by atoms with E-state index in [4.69, 9.17) is 5.11 Å². The van der Waals surface area contributed by atoms with E-state index in [1.54, 1.807) is 10.9 Å². The smallest absolute Gasteiger partial charge is 0.337 e. The van der Waals surface area contributed by atoms with E-state index in [2.05, 4.69) is 10.4 Å². The number of halogens is 1. The van der Waals surface area contributed by atoms with Crippen LogP contribution in [0.3, 0.4) is 0 Å². The maximum absolute atomic E-state index is 13.7. The fourth-order valence-corrected chi connectivity index (χ4v) is 1.66. The van der Waals surface area contributed by atoms with Crippen LogP contribution >= 0.6 is 0 Å². The normalized spacial score (nSPS) is 10.7. The van der Waals surface area contributed by atoms with Crippen LogP contribution in [0, 0.1) is 5.82 Å². The lowest BCUT2D eigenvalue weighted by molar-refractivity contribution is 0.0697. The number of carbonyl (C=O) groups is 1. The number of anilines is 2. The van der Waals surface area contributed by atoms with Gasteiger partial charge in [0.15, 0.2) is 0 Å². The molecule has 0 spiro atoms. The summed E-state index contributed by atoms with van der Waals surface area (Å²) in [6, 6.07) is 4.10. The molecule has 0 radical (unpaired) electrons. The van der Waals surface area contributed by atoms with E-state index < -0.39 is 11.8 Å². The summed E-state index contributed by atoms with van der Waals surface area (Å²) in [5.74, 6) is -1.80. The van der Waals surface area contributed by atoms with Gasteiger partial charge in [-0.1, -0.05) is 6.07 Å². The molecule has 0 aliphatic rings. The fraction of sp³-hybridized carbons (Fsp3) is 0.231. The average Bonchev–Trinajstić information content (AvgIpc) is 2.80. The number of rotatable bonds is 4. The van der Waals surface area contributed by atoms with Crippen molar-refractivity contribution in [2.24, 2.45) is 0 Å². The minimum atomic E-state index is -1.18. The molecular weight excluding hydrogens is 249 g/mol. The molecule has 2 N–H and O–H groups in total. The van der Waals surface area contributed by atoms with Crippen LogP contribution in [-0.4, -0.2) is 20.9 Å². The van der Waals surface area contributed by atoms with E-state index in [0.29, 0.717) is 5.69 Å². The number of hydrogen-bond acceptors (Lipinski definition) is 3. The molecule has 0 aliphatic heterocycles. The zero-order valence-corrected chi connectivity index (χ0v) is 10.6. The maximum Gasteiger partial charge on any atom is 0.337 e. The number of carboxylic acid groups (broad SMARTS) is 1. The van der Waals surface area contributed by atoms with Crippen molar-refractivity contribution in [2.45, 2.75) is 19.9 Å². The highest BCUT2D eigenvalue weighted by Gasteiger charge is 2.15. The molecule has 1 aromatic heterocycles. The highest BCUT2D eigenvalue weighted by molar-refractivity contribution is 5.95. The number of aromatic carboxylic acids is 1. The zero-order valence-electron chi connectivity index (χ0n) is 10.6. The molecule has 0 atom stereocenters. The average molecular weight is 263 g/mol. The SMILES string of the molecule is CC(C)n1cc(Nc2c(F)cccc2C(=O)O)cn1. The number of para-hydroxylation sites is 1. The Kier molecular flexibility index (Phi) is 3.50. The number of carboxylic acids is 1. The summed E-state index contributed by atoms with van der Waals surface area (Å²) in [5.41, 5.74) is 0.372. The van der Waals surface area contributed by atoms with Gasteiger partial charge in [0, 0.05) is 12.2 Å². The number of nitrogens with one attached hydrogen (secondary N) is 1.